The number of fused-ring (bicyclic) bond motifs is 2. The van der Waals surface area contributed by atoms with Crippen LogP contribution in [0.3, 0.4) is 0 Å². The van der Waals surface area contributed by atoms with Gasteiger partial charge in [-0.1, -0.05) is 57.3 Å². The van der Waals surface area contributed by atoms with Gasteiger partial charge in [0.2, 0.25) is 5.82 Å². The maximum absolute atomic E-state index is 13.7. The second-order valence-corrected chi connectivity index (χ2v) is 12.8. The van der Waals surface area contributed by atoms with Gasteiger partial charge in [0, 0.05) is 19.9 Å². The lowest BCUT2D eigenvalue weighted by molar-refractivity contribution is 0.267. The molecule has 0 atom stereocenters. The lowest BCUT2D eigenvalue weighted by Gasteiger charge is -2.16. The third kappa shape index (κ3) is 6.19. The molecule has 6 aromatic rings. The summed E-state index contributed by atoms with van der Waals surface area (Å²) < 4.78 is 21.6. The molecular weight excluding hydrogens is 801 g/mol. The van der Waals surface area contributed by atoms with E-state index in [2.05, 4.69) is 52.9 Å². The number of aromatic nitrogens is 2. The molecular formula is C32H20Br3Cl2N3O4. The summed E-state index contributed by atoms with van der Waals surface area (Å²) in [5.74, 6) is 1.63. The van der Waals surface area contributed by atoms with Crippen LogP contribution in [0.1, 0.15) is 18.1 Å². The molecule has 0 spiro atoms. The molecule has 12 heteroatoms. The summed E-state index contributed by atoms with van der Waals surface area (Å²) in [5, 5.41) is 6.80. The number of nitrogens with zero attached hydrogens (tertiary/aromatic N) is 3. The van der Waals surface area contributed by atoms with Crippen LogP contribution in [0, 0.1) is 0 Å². The number of hydrogen-bond donors (Lipinski definition) is 0. The molecule has 0 saturated carbocycles. The van der Waals surface area contributed by atoms with Gasteiger partial charge in [0.05, 0.1) is 38.2 Å². The van der Waals surface area contributed by atoms with Crippen LogP contribution in [0.15, 0.2) is 101 Å². The zero-order valence-electron chi connectivity index (χ0n) is 22.8. The van der Waals surface area contributed by atoms with Crippen molar-refractivity contribution in [3.8, 4) is 23.1 Å². The fraction of sp³-hybridized carbons (Fsp3) is 0.0938. The molecule has 0 saturated heterocycles. The predicted octanol–water partition coefficient (Wildman–Crippen LogP) is 10.3. The zero-order chi connectivity index (χ0) is 31.0. The average molecular weight is 821 g/mol. The van der Waals surface area contributed by atoms with Crippen LogP contribution in [0.25, 0.3) is 33.5 Å². The summed E-state index contributed by atoms with van der Waals surface area (Å²) in [5.41, 5.74) is 2.31. The maximum atomic E-state index is 13.7. The Balaban J connectivity index is 1.42. The number of halogens is 5. The Kier molecular flexibility index (Phi) is 9.16. The number of furan rings is 1. The Bertz CT molecular complexity index is 2150. The summed E-state index contributed by atoms with van der Waals surface area (Å²) in [6.45, 7) is 2.50. The van der Waals surface area contributed by atoms with E-state index >= 15 is 0 Å². The molecule has 2 aromatic heterocycles. The lowest BCUT2D eigenvalue weighted by atomic mass is 10.2. The van der Waals surface area contributed by atoms with Gasteiger partial charge in [-0.3, -0.25) is 4.79 Å². The Morgan fingerprint density at radius 2 is 1.77 bits per heavy atom. The van der Waals surface area contributed by atoms with Crippen molar-refractivity contribution >= 4 is 99.1 Å². The van der Waals surface area contributed by atoms with Crippen molar-refractivity contribution in [1.29, 1.82) is 0 Å². The number of hydrogen-bond acceptors (Lipinski definition) is 6. The highest BCUT2D eigenvalue weighted by molar-refractivity contribution is 9.13. The first-order valence-corrected chi connectivity index (χ1v) is 16.3. The zero-order valence-corrected chi connectivity index (χ0v) is 29.1. The van der Waals surface area contributed by atoms with Crippen LogP contribution in [-0.4, -0.2) is 22.5 Å². The summed E-state index contributed by atoms with van der Waals surface area (Å²) in [6.07, 6.45) is 1.56. The van der Waals surface area contributed by atoms with E-state index in [0.717, 1.165) is 15.4 Å². The molecule has 7 nitrogen and oxygen atoms in total. The highest BCUT2D eigenvalue weighted by Crippen LogP contribution is 2.43. The Hall–Kier alpha value is -3.15. The second-order valence-electron chi connectivity index (χ2n) is 9.50. The summed E-state index contributed by atoms with van der Waals surface area (Å²) in [4.78, 5) is 18.5. The van der Waals surface area contributed by atoms with Crippen molar-refractivity contribution in [2.75, 3.05) is 6.61 Å². The minimum absolute atomic E-state index is 0.227. The molecule has 0 N–H and O–H groups in total. The first-order valence-electron chi connectivity index (χ1n) is 13.2. The van der Waals surface area contributed by atoms with Gasteiger partial charge in [0.25, 0.3) is 5.56 Å². The van der Waals surface area contributed by atoms with Gasteiger partial charge < -0.3 is 13.9 Å². The van der Waals surface area contributed by atoms with Gasteiger partial charge in [-0.2, -0.15) is 9.78 Å². The van der Waals surface area contributed by atoms with E-state index in [1.54, 1.807) is 42.6 Å². The Morgan fingerprint density at radius 3 is 2.57 bits per heavy atom. The fourth-order valence-electron chi connectivity index (χ4n) is 4.52. The second kappa shape index (κ2) is 13.1. The molecule has 0 amide bonds. The molecule has 2 heterocycles. The third-order valence-electron chi connectivity index (χ3n) is 6.59. The monoisotopic (exact) mass is 817 g/mol. The van der Waals surface area contributed by atoms with E-state index in [0.29, 0.717) is 64.9 Å². The van der Waals surface area contributed by atoms with Crippen molar-refractivity contribution in [1.82, 2.24) is 9.66 Å². The van der Waals surface area contributed by atoms with Crippen molar-refractivity contribution in [3.05, 3.63) is 118 Å². The van der Waals surface area contributed by atoms with E-state index in [9.17, 15) is 4.79 Å². The SMILES string of the molecule is CCOc1cc(C=Nn2c(-c3cc4cc(Br)ccc4o3)nc3ccccc3c2=O)c(Br)c(Br)c1OCc1ccc(Cl)c(Cl)c1. The molecule has 0 unspecified atom stereocenters. The summed E-state index contributed by atoms with van der Waals surface area (Å²) >= 11 is 23.0. The van der Waals surface area contributed by atoms with E-state index in [1.807, 2.05) is 43.3 Å². The highest BCUT2D eigenvalue weighted by Gasteiger charge is 2.19. The highest BCUT2D eigenvalue weighted by atomic mass is 79.9. The number of rotatable bonds is 8. The van der Waals surface area contributed by atoms with Crippen molar-refractivity contribution in [2.45, 2.75) is 13.5 Å². The van der Waals surface area contributed by atoms with Crippen LogP contribution in [-0.2, 0) is 6.61 Å². The maximum Gasteiger partial charge on any atom is 0.282 e. The van der Waals surface area contributed by atoms with Gasteiger partial charge in [0.15, 0.2) is 17.3 Å². The largest absolute Gasteiger partial charge is 0.490 e. The number of para-hydroxylation sites is 1. The number of benzene rings is 4. The first kappa shape index (κ1) is 30.9. The van der Waals surface area contributed by atoms with Crippen molar-refractivity contribution in [2.24, 2.45) is 5.10 Å². The van der Waals surface area contributed by atoms with Gasteiger partial charge in [0.1, 0.15) is 12.2 Å². The molecule has 44 heavy (non-hydrogen) atoms. The minimum atomic E-state index is -0.342. The predicted molar refractivity (Wildman–Crippen MR) is 186 cm³/mol. The van der Waals surface area contributed by atoms with Crippen LogP contribution >= 0.6 is 71.0 Å². The van der Waals surface area contributed by atoms with E-state index < -0.39 is 0 Å². The first-order chi connectivity index (χ1) is 21.2. The average Bonchev–Trinajstić information content (AvgIpc) is 3.43. The van der Waals surface area contributed by atoms with E-state index in [4.69, 9.17) is 42.1 Å². The molecule has 0 fully saturated rings. The van der Waals surface area contributed by atoms with E-state index in [-0.39, 0.29) is 18.0 Å². The van der Waals surface area contributed by atoms with Crippen LogP contribution in [0.5, 0.6) is 11.5 Å². The molecule has 0 aliphatic heterocycles. The van der Waals surface area contributed by atoms with E-state index in [1.165, 1.54) is 4.68 Å². The van der Waals surface area contributed by atoms with Gasteiger partial charge in [-0.15, -0.1) is 0 Å². The molecule has 6 rings (SSSR count). The van der Waals surface area contributed by atoms with Crippen molar-refractivity contribution in [3.63, 3.8) is 0 Å². The molecule has 0 radical (unpaired) electrons. The van der Waals surface area contributed by atoms with Gasteiger partial charge in [-0.05, 0) is 98.9 Å². The van der Waals surface area contributed by atoms with Crippen LogP contribution < -0.4 is 15.0 Å². The molecule has 222 valence electrons. The van der Waals surface area contributed by atoms with Gasteiger partial charge in [-0.25, -0.2) is 4.98 Å². The molecule has 4 aromatic carbocycles. The Labute approximate surface area is 286 Å². The topological polar surface area (TPSA) is 78.9 Å². The van der Waals surface area contributed by atoms with Crippen LogP contribution in [0.2, 0.25) is 10.0 Å². The van der Waals surface area contributed by atoms with Crippen LogP contribution in [0.4, 0.5) is 0 Å². The quantitative estimate of drug-likeness (QED) is 0.143. The number of ether oxygens (including phenoxy) is 2. The molecule has 0 aliphatic carbocycles. The standard InChI is InChI=1S/C32H20Br3Cl2N3O4/c1-2-42-26-14-19(28(34)29(35)30(26)43-16-17-7-9-22(36)23(37)11-17)15-38-40-31(39-24-6-4-3-5-21(24)32(40)41)27-13-18-12-20(33)8-10-25(18)44-27/h3-15H,2,16H2,1H3. The molecule has 0 aliphatic rings. The summed E-state index contributed by atoms with van der Waals surface area (Å²) in [6, 6.07) is 21.7. The Morgan fingerprint density at radius 1 is 0.955 bits per heavy atom. The third-order valence-corrected chi connectivity index (χ3v) is 9.96. The summed E-state index contributed by atoms with van der Waals surface area (Å²) in [7, 11) is 0. The molecule has 0 bridgehead atoms. The smallest absolute Gasteiger partial charge is 0.282 e. The normalized spacial score (nSPS) is 11.6. The van der Waals surface area contributed by atoms with Crippen molar-refractivity contribution < 1.29 is 13.9 Å². The fourth-order valence-corrected chi connectivity index (χ4v) is 6.15. The van der Waals surface area contributed by atoms with Gasteiger partial charge >= 0.3 is 0 Å². The minimum Gasteiger partial charge on any atom is -0.490 e. The lowest BCUT2D eigenvalue weighted by Crippen LogP contribution is -2.20.